The van der Waals surface area contributed by atoms with Gasteiger partial charge >= 0.3 is 0 Å². The van der Waals surface area contributed by atoms with E-state index in [-0.39, 0.29) is 0 Å². The Hall–Kier alpha value is -3.00. The van der Waals surface area contributed by atoms with Gasteiger partial charge in [-0.15, -0.1) is 5.10 Å². The first-order valence-corrected chi connectivity index (χ1v) is 8.56. The lowest BCUT2D eigenvalue weighted by molar-refractivity contribution is 0.414. The fourth-order valence-corrected chi connectivity index (χ4v) is 3.23. The highest BCUT2D eigenvalue weighted by atomic mass is 32.2. The molecule has 0 saturated heterocycles. The minimum atomic E-state index is 0.675. The molecule has 25 heavy (non-hydrogen) atoms. The fourth-order valence-electron chi connectivity index (χ4n) is 2.37. The van der Waals surface area contributed by atoms with Crippen LogP contribution in [0.4, 0.5) is 0 Å². The first-order chi connectivity index (χ1) is 12.3. The molecule has 7 nitrogen and oxygen atoms in total. The Labute approximate surface area is 148 Å². The standard InChI is InChI=1S/C17H14N6OS/c1-24-14-6-4-13(5-7-14)23-16-15(21-22-23)17(20-11-19-16)25-10-12-3-2-8-18-9-12/h2-9,11H,10H2,1H3. The minimum Gasteiger partial charge on any atom is -0.497 e. The summed E-state index contributed by atoms with van der Waals surface area (Å²) in [7, 11) is 1.64. The molecule has 0 N–H and O–H groups in total. The van der Waals surface area contributed by atoms with E-state index in [1.54, 1.807) is 29.8 Å². The number of aromatic nitrogens is 6. The van der Waals surface area contributed by atoms with E-state index in [1.165, 1.54) is 6.33 Å². The number of rotatable bonds is 5. The van der Waals surface area contributed by atoms with Crippen molar-refractivity contribution in [2.75, 3.05) is 7.11 Å². The molecular weight excluding hydrogens is 336 g/mol. The Balaban J connectivity index is 1.65. The number of nitrogens with zero attached hydrogens (tertiary/aromatic N) is 6. The summed E-state index contributed by atoms with van der Waals surface area (Å²) in [4.78, 5) is 12.8. The summed E-state index contributed by atoms with van der Waals surface area (Å²) in [6.07, 6.45) is 5.15. The van der Waals surface area contributed by atoms with Crippen molar-refractivity contribution in [2.24, 2.45) is 0 Å². The van der Waals surface area contributed by atoms with E-state index in [0.29, 0.717) is 11.2 Å². The molecule has 4 rings (SSSR count). The Bertz CT molecular complexity index is 987. The molecule has 0 amide bonds. The molecule has 1 aromatic carbocycles. The summed E-state index contributed by atoms with van der Waals surface area (Å²) in [6, 6.07) is 11.5. The lowest BCUT2D eigenvalue weighted by Crippen LogP contribution is -1.98. The number of hydrogen-bond acceptors (Lipinski definition) is 7. The van der Waals surface area contributed by atoms with E-state index in [0.717, 1.165) is 27.8 Å². The van der Waals surface area contributed by atoms with Gasteiger partial charge in [0.05, 0.1) is 12.8 Å². The van der Waals surface area contributed by atoms with Crippen LogP contribution in [0.2, 0.25) is 0 Å². The average Bonchev–Trinajstić information content (AvgIpc) is 3.12. The number of ether oxygens (including phenoxy) is 1. The van der Waals surface area contributed by atoms with Gasteiger partial charge in [0.25, 0.3) is 0 Å². The molecule has 0 fully saturated rings. The van der Waals surface area contributed by atoms with Crippen molar-refractivity contribution in [1.29, 1.82) is 0 Å². The fraction of sp³-hybridized carbons (Fsp3) is 0.118. The Kier molecular flexibility index (Phi) is 4.26. The summed E-state index contributed by atoms with van der Waals surface area (Å²) >= 11 is 1.59. The number of thioether (sulfide) groups is 1. The van der Waals surface area contributed by atoms with Gasteiger partial charge in [0.2, 0.25) is 0 Å². The summed E-state index contributed by atoms with van der Waals surface area (Å²) in [6.45, 7) is 0. The van der Waals surface area contributed by atoms with Crippen LogP contribution in [0, 0.1) is 0 Å². The number of pyridine rings is 1. The highest BCUT2D eigenvalue weighted by molar-refractivity contribution is 7.98. The minimum absolute atomic E-state index is 0.675. The zero-order valence-corrected chi connectivity index (χ0v) is 14.2. The summed E-state index contributed by atoms with van der Waals surface area (Å²) < 4.78 is 6.89. The second-order valence-electron chi connectivity index (χ2n) is 5.20. The largest absolute Gasteiger partial charge is 0.497 e. The van der Waals surface area contributed by atoms with E-state index in [4.69, 9.17) is 4.74 Å². The molecule has 0 aliphatic carbocycles. The van der Waals surface area contributed by atoms with Crippen LogP contribution < -0.4 is 4.74 Å². The highest BCUT2D eigenvalue weighted by Crippen LogP contribution is 2.26. The topological polar surface area (TPSA) is 78.6 Å². The van der Waals surface area contributed by atoms with Crippen LogP contribution in [-0.4, -0.2) is 37.1 Å². The maximum absolute atomic E-state index is 5.19. The third kappa shape index (κ3) is 3.16. The second kappa shape index (κ2) is 6.86. The van der Waals surface area contributed by atoms with E-state index >= 15 is 0 Å². The van der Waals surface area contributed by atoms with Crippen molar-refractivity contribution in [3.8, 4) is 11.4 Å². The van der Waals surface area contributed by atoms with Crippen LogP contribution in [0.3, 0.4) is 0 Å². The summed E-state index contributed by atoms with van der Waals surface area (Å²) in [5.74, 6) is 1.55. The predicted octanol–water partition coefficient (Wildman–Crippen LogP) is 2.91. The van der Waals surface area contributed by atoms with Gasteiger partial charge in [-0.25, -0.2) is 9.97 Å². The van der Waals surface area contributed by atoms with Crippen molar-refractivity contribution in [1.82, 2.24) is 29.9 Å². The van der Waals surface area contributed by atoms with E-state index < -0.39 is 0 Å². The molecule has 0 aliphatic heterocycles. The van der Waals surface area contributed by atoms with Crippen LogP contribution >= 0.6 is 11.8 Å². The van der Waals surface area contributed by atoms with Gasteiger partial charge in [-0.1, -0.05) is 23.0 Å². The maximum Gasteiger partial charge on any atom is 0.187 e. The zero-order chi connectivity index (χ0) is 17.1. The molecule has 0 aliphatic rings. The lowest BCUT2D eigenvalue weighted by atomic mass is 10.3. The zero-order valence-electron chi connectivity index (χ0n) is 13.4. The Morgan fingerprint density at radius 3 is 2.76 bits per heavy atom. The van der Waals surface area contributed by atoms with Crippen molar-refractivity contribution in [3.63, 3.8) is 0 Å². The molecule has 0 spiro atoms. The normalized spacial score (nSPS) is 10.9. The smallest absolute Gasteiger partial charge is 0.187 e. The first-order valence-electron chi connectivity index (χ1n) is 7.57. The lowest BCUT2D eigenvalue weighted by Gasteiger charge is -2.04. The molecule has 0 unspecified atom stereocenters. The van der Waals surface area contributed by atoms with Crippen LogP contribution in [0.15, 0.2) is 60.1 Å². The highest BCUT2D eigenvalue weighted by Gasteiger charge is 2.13. The van der Waals surface area contributed by atoms with Gasteiger partial charge in [0.15, 0.2) is 11.2 Å². The van der Waals surface area contributed by atoms with Gasteiger partial charge in [-0.2, -0.15) is 4.68 Å². The molecule has 124 valence electrons. The number of hydrogen-bond donors (Lipinski definition) is 0. The SMILES string of the molecule is COc1ccc(-n2nnc3c(SCc4cccnc4)ncnc32)cc1. The quantitative estimate of drug-likeness (QED) is 0.404. The molecule has 8 heteroatoms. The van der Waals surface area contributed by atoms with E-state index in [9.17, 15) is 0 Å². The monoisotopic (exact) mass is 350 g/mol. The molecule has 4 aromatic rings. The van der Waals surface area contributed by atoms with Crippen molar-refractivity contribution in [2.45, 2.75) is 10.8 Å². The average molecular weight is 350 g/mol. The number of fused-ring (bicyclic) bond motifs is 1. The predicted molar refractivity (Wildman–Crippen MR) is 94.8 cm³/mol. The van der Waals surface area contributed by atoms with Crippen molar-refractivity contribution in [3.05, 3.63) is 60.7 Å². The first kappa shape index (κ1) is 15.5. The molecular formula is C17H14N6OS. The molecule has 0 bridgehead atoms. The van der Waals surface area contributed by atoms with Gasteiger partial charge in [-0.3, -0.25) is 4.98 Å². The number of methoxy groups -OCH3 is 1. The van der Waals surface area contributed by atoms with Crippen LogP contribution in [0.25, 0.3) is 16.9 Å². The van der Waals surface area contributed by atoms with Crippen molar-refractivity contribution < 1.29 is 4.74 Å². The summed E-state index contributed by atoms with van der Waals surface area (Å²) in [5.41, 5.74) is 3.35. The molecule has 3 aromatic heterocycles. The van der Waals surface area contributed by atoms with Gasteiger partial charge in [0, 0.05) is 18.1 Å². The van der Waals surface area contributed by atoms with Crippen LogP contribution in [0.1, 0.15) is 5.56 Å². The van der Waals surface area contributed by atoms with Crippen LogP contribution in [0.5, 0.6) is 5.75 Å². The maximum atomic E-state index is 5.19. The van der Waals surface area contributed by atoms with E-state index in [1.807, 2.05) is 42.6 Å². The third-order valence-corrected chi connectivity index (χ3v) is 4.67. The molecule has 0 saturated carbocycles. The van der Waals surface area contributed by atoms with E-state index in [2.05, 4.69) is 25.3 Å². The van der Waals surface area contributed by atoms with Gasteiger partial charge < -0.3 is 4.74 Å². The van der Waals surface area contributed by atoms with Gasteiger partial charge in [0.1, 0.15) is 17.1 Å². The molecule has 0 atom stereocenters. The third-order valence-electron chi connectivity index (χ3n) is 3.62. The van der Waals surface area contributed by atoms with Crippen molar-refractivity contribution >= 4 is 22.9 Å². The summed E-state index contributed by atoms with van der Waals surface area (Å²) in [5, 5.41) is 9.30. The van der Waals surface area contributed by atoms with Crippen LogP contribution in [-0.2, 0) is 5.75 Å². The second-order valence-corrected chi connectivity index (χ2v) is 6.16. The molecule has 0 radical (unpaired) electrons. The Morgan fingerprint density at radius 2 is 2.00 bits per heavy atom. The Morgan fingerprint density at radius 1 is 1.12 bits per heavy atom. The molecule has 3 heterocycles. The number of benzene rings is 1. The van der Waals surface area contributed by atoms with Gasteiger partial charge in [-0.05, 0) is 35.9 Å².